The highest BCUT2D eigenvalue weighted by Gasteiger charge is 2.34. The van der Waals surface area contributed by atoms with E-state index >= 15 is 0 Å². The minimum atomic E-state index is -0.343. The smallest absolute Gasteiger partial charge is 0.141 e. The number of benzene rings is 1. The zero-order valence-corrected chi connectivity index (χ0v) is 12.4. The molecule has 2 aliphatic rings. The monoisotopic (exact) mass is 296 g/mol. The maximum Gasteiger partial charge on any atom is 0.141 e. The summed E-state index contributed by atoms with van der Waals surface area (Å²) in [6.07, 6.45) is 6.49. The molecule has 1 saturated carbocycles. The molecule has 2 nitrogen and oxygen atoms in total. The minimum absolute atomic E-state index is 0.213. The Bertz CT molecular complexity index is 460. The normalized spacial score (nSPS) is 30.0. The summed E-state index contributed by atoms with van der Waals surface area (Å²) < 4.78 is 13.1. The lowest BCUT2D eigenvalue weighted by Gasteiger charge is -2.26. The van der Waals surface area contributed by atoms with Gasteiger partial charge in [-0.25, -0.2) is 4.39 Å². The van der Waals surface area contributed by atoms with E-state index in [1.54, 1.807) is 6.07 Å². The summed E-state index contributed by atoms with van der Waals surface area (Å²) >= 11 is 5.83. The van der Waals surface area contributed by atoms with Crippen molar-refractivity contribution >= 4 is 11.6 Å². The third-order valence-corrected chi connectivity index (χ3v) is 5.03. The van der Waals surface area contributed by atoms with E-state index in [9.17, 15) is 4.39 Å². The van der Waals surface area contributed by atoms with Gasteiger partial charge in [0.2, 0.25) is 0 Å². The van der Waals surface area contributed by atoms with E-state index in [-0.39, 0.29) is 10.8 Å². The summed E-state index contributed by atoms with van der Waals surface area (Å²) in [6, 6.07) is 6.25. The first-order valence-corrected chi connectivity index (χ1v) is 8.02. The van der Waals surface area contributed by atoms with Gasteiger partial charge in [0.15, 0.2) is 0 Å². The van der Waals surface area contributed by atoms with E-state index in [1.165, 1.54) is 44.7 Å². The molecule has 0 spiro atoms. The van der Waals surface area contributed by atoms with E-state index < -0.39 is 0 Å². The van der Waals surface area contributed by atoms with Crippen molar-refractivity contribution < 1.29 is 4.39 Å². The van der Waals surface area contributed by atoms with Crippen molar-refractivity contribution in [3.8, 4) is 0 Å². The molecule has 110 valence electrons. The minimum Gasteiger partial charge on any atom is -0.314 e. The fraction of sp³-hybridized carbons (Fsp3) is 0.625. The number of halogens is 2. The number of nitrogens with one attached hydrogen (secondary N) is 2. The molecule has 1 aromatic rings. The summed E-state index contributed by atoms with van der Waals surface area (Å²) in [5.74, 6) is 0.401. The van der Waals surface area contributed by atoms with Crippen LogP contribution in [0.2, 0.25) is 5.02 Å². The second kappa shape index (κ2) is 6.42. The molecule has 3 atom stereocenters. The first-order chi connectivity index (χ1) is 9.74. The van der Waals surface area contributed by atoms with Crippen LogP contribution in [0.4, 0.5) is 4.39 Å². The molecule has 0 amide bonds. The topological polar surface area (TPSA) is 24.1 Å². The Morgan fingerprint density at radius 1 is 1.25 bits per heavy atom. The van der Waals surface area contributed by atoms with Gasteiger partial charge < -0.3 is 10.6 Å². The molecule has 0 aromatic heterocycles. The van der Waals surface area contributed by atoms with Crippen LogP contribution >= 0.6 is 11.6 Å². The van der Waals surface area contributed by atoms with Crippen molar-refractivity contribution in [1.82, 2.24) is 10.6 Å². The van der Waals surface area contributed by atoms with Gasteiger partial charge >= 0.3 is 0 Å². The van der Waals surface area contributed by atoms with Gasteiger partial charge in [0, 0.05) is 18.6 Å². The van der Waals surface area contributed by atoms with E-state index in [0.29, 0.717) is 12.1 Å². The number of rotatable bonds is 4. The van der Waals surface area contributed by atoms with Gasteiger partial charge in [-0.1, -0.05) is 24.1 Å². The van der Waals surface area contributed by atoms with Gasteiger partial charge in [0.1, 0.15) is 5.82 Å². The Hall–Kier alpha value is -0.640. The fourth-order valence-corrected chi connectivity index (χ4v) is 3.90. The van der Waals surface area contributed by atoms with Crippen LogP contribution in [-0.4, -0.2) is 18.6 Å². The Kier molecular flexibility index (Phi) is 4.59. The van der Waals surface area contributed by atoms with Crippen molar-refractivity contribution in [3.05, 3.63) is 34.6 Å². The predicted octanol–water partition coefficient (Wildman–Crippen LogP) is 3.49. The van der Waals surface area contributed by atoms with Crippen LogP contribution in [-0.2, 0) is 6.54 Å². The fourth-order valence-electron chi connectivity index (χ4n) is 3.70. The molecule has 4 heteroatoms. The molecule has 1 aliphatic heterocycles. The van der Waals surface area contributed by atoms with Crippen LogP contribution in [0.5, 0.6) is 0 Å². The quantitative estimate of drug-likeness (QED) is 0.889. The van der Waals surface area contributed by atoms with Crippen molar-refractivity contribution in [2.24, 2.45) is 5.92 Å². The summed E-state index contributed by atoms with van der Waals surface area (Å²) in [4.78, 5) is 0. The van der Waals surface area contributed by atoms with E-state index in [1.807, 2.05) is 6.07 Å². The lowest BCUT2D eigenvalue weighted by atomic mass is 9.93. The summed E-state index contributed by atoms with van der Waals surface area (Å²) in [6.45, 7) is 1.94. The van der Waals surface area contributed by atoms with Gasteiger partial charge in [-0.3, -0.25) is 0 Å². The molecular formula is C16H22ClFN2. The predicted molar refractivity (Wildman–Crippen MR) is 80.4 cm³/mol. The zero-order valence-electron chi connectivity index (χ0n) is 11.7. The lowest BCUT2D eigenvalue weighted by Crippen LogP contribution is -2.41. The third kappa shape index (κ3) is 3.16. The second-order valence-corrected chi connectivity index (χ2v) is 6.44. The molecular weight excluding hydrogens is 275 g/mol. The molecule has 3 unspecified atom stereocenters. The van der Waals surface area contributed by atoms with Crippen LogP contribution in [0, 0.1) is 11.7 Å². The van der Waals surface area contributed by atoms with Crippen molar-refractivity contribution in [2.75, 3.05) is 6.54 Å². The molecule has 1 aromatic carbocycles. The second-order valence-electron chi connectivity index (χ2n) is 6.03. The highest BCUT2D eigenvalue weighted by atomic mass is 35.5. The van der Waals surface area contributed by atoms with Gasteiger partial charge in [0.05, 0.1) is 5.02 Å². The maximum absolute atomic E-state index is 13.1. The Morgan fingerprint density at radius 3 is 2.90 bits per heavy atom. The zero-order chi connectivity index (χ0) is 13.9. The molecule has 2 N–H and O–H groups in total. The number of hydrogen-bond acceptors (Lipinski definition) is 2. The van der Waals surface area contributed by atoms with Crippen LogP contribution in [0.3, 0.4) is 0 Å². The molecule has 3 rings (SSSR count). The van der Waals surface area contributed by atoms with E-state index in [4.69, 9.17) is 11.6 Å². The number of hydrogen-bond donors (Lipinski definition) is 2. The van der Waals surface area contributed by atoms with Crippen LogP contribution in [0.15, 0.2) is 18.2 Å². The largest absolute Gasteiger partial charge is 0.314 e. The van der Waals surface area contributed by atoms with Crippen LogP contribution < -0.4 is 10.6 Å². The lowest BCUT2D eigenvalue weighted by molar-refractivity contribution is 0.320. The summed E-state index contributed by atoms with van der Waals surface area (Å²) in [7, 11) is 0. The summed E-state index contributed by atoms with van der Waals surface area (Å²) in [5.41, 5.74) is 1.06. The summed E-state index contributed by atoms with van der Waals surface area (Å²) in [5, 5.41) is 7.50. The van der Waals surface area contributed by atoms with Crippen LogP contribution in [0.1, 0.15) is 37.7 Å². The Labute approximate surface area is 125 Å². The van der Waals surface area contributed by atoms with Gasteiger partial charge in [-0.05, 0) is 55.8 Å². The van der Waals surface area contributed by atoms with Gasteiger partial charge in [-0.15, -0.1) is 0 Å². The average Bonchev–Trinajstić information content (AvgIpc) is 3.09. The van der Waals surface area contributed by atoms with Gasteiger partial charge in [0.25, 0.3) is 0 Å². The standard InChI is InChI=1S/C16H22ClFN2/c17-13-9-11(6-7-14(13)18)10-20-16-4-1-3-12(16)15-5-2-8-19-15/h6-7,9,12,15-16,19-20H,1-5,8,10H2. The molecule has 20 heavy (non-hydrogen) atoms. The average molecular weight is 297 g/mol. The maximum atomic E-state index is 13.1. The van der Waals surface area contributed by atoms with E-state index in [2.05, 4.69) is 10.6 Å². The molecule has 1 heterocycles. The Morgan fingerprint density at radius 2 is 2.15 bits per heavy atom. The highest BCUT2D eigenvalue weighted by Crippen LogP contribution is 2.32. The van der Waals surface area contributed by atoms with Crippen molar-refractivity contribution in [2.45, 2.75) is 50.7 Å². The first kappa shape index (κ1) is 14.3. The third-order valence-electron chi connectivity index (χ3n) is 4.74. The SMILES string of the molecule is Fc1ccc(CNC2CCCC2C2CCCN2)cc1Cl. The molecule has 1 saturated heterocycles. The van der Waals surface area contributed by atoms with Crippen molar-refractivity contribution in [3.63, 3.8) is 0 Å². The molecule has 0 bridgehead atoms. The first-order valence-electron chi connectivity index (χ1n) is 7.65. The Balaban J connectivity index is 1.57. The molecule has 2 fully saturated rings. The highest BCUT2D eigenvalue weighted by molar-refractivity contribution is 6.30. The molecule has 0 radical (unpaired) electrons. The van der Waals surface area contributed by atoms with E-state index in [0.717, 1.165) is 18.0 Å². The van der Waals surface area contributed by atoms with Gasteiger partial charge in [-0.2, -0.15) is 0 Å². The van der Waals surface area contributed by atoms with Crippen LogP contribution in [0.25, 0.3) is 0 Å². The van der Waals surface area contributed by atoms with Crippen molar-refractivity contribution in [1.29, 1.82) is 0 Å². The molecule has 1 aliphatic carbocycles.